The van der Waals surface area contributed by atoms with Crippen molar-refractivity contribution in [1.29, 1.82) is 0 Å². The second-order valence-electron chi connectivity index (χ2n) is 6.98. The summed E-state index contributed by atoms with van der Waals surface area (Å²) in [5, 5.41) is 3.31. The number of amides is 1. The van der Waals surface area contributed by atoms with Gasteiger partial charge in [0.25, 0.3) is 5.91 Å². The molecule has 1 amide bonds. The van der Waals surface area contributed by atoms with Crippen molar-refractivity contribution < 1.29 is 19.1 Å². The summed E-state index contributed by atoms with van der Waals surface area (Å²) in [5.74, 6) is -0.232. The zero-order valence-electron chi connectivity index (χ0n) is 15.9. The van der Waals surface area contributed by atoms with Gasteiger partial charge in [0.2, 0.25) is 0 Å². The molecule has 0 spiro atoms. The molecule has 1 saturated carbocycles. The van der Waals surface area contributed by atoms with E-state index in [9.17, 15) is 9.59 Å². The molecule has 28 heavy (non-hydrogen) atoms. The third kappa shape index (κ3) is 4.47. The highest BCUT2D eigenvalue weighted by Crippen LogP contribution is 2.41. The van der Waals surface area contributed by atoms with E-state index in [0.717, 1.165) is 24.8 Å². The Morgan fingerprint density at radius 1 is 1.07 bits per heavy atom. The number of esters is 1. The lowest BCUT2D eigenvalue weighted by Gasteiger charge is -2.35. The molecule has 2 aromatic rings. The lowest BCUT2D eigenvalue weighted by Crippen LogP contribution is -2.40. The molecule has 6 heteroatoms. The van der Waals surface area contributed by atoms with Crippen LogP contribution in [0.4, 0.5) is 5.69 Å². The van der Waals surface area contributed by atoms with E-state index in [2.05, 4.69) is 5.32 Å². The van der Waals surface area contributed by atoms with Crippen molar-refractivity contribution >= 4 is 29.2 Å². The standard InChI is InChI=1S/C22H24ClNO4/c1-27-19-11-4-3-10-18(19)24-20(25)15-28-21(26)22(12-5-2-6-13-22)16-8-7-9-17(23)14-16/h3-4,7-11,14H,2,5-6,12-13,15H2,1H3,(H,24,25). The molecule has 1 aliphatic rings. The Hall–Kier alpha value is -2.53. The van der Waals surface area contributed by atoms with Gasteiger partial charge < -0.3 is 14.8 Å². The first-order valence-electron chi connectivity index (χ1n) is 9.41. The van der Waals surface area contributed by atoms with E-state index in [1.807, 2.05) is 24.3 Å². The monoisotopic (exact) mass is 401 g/mol. The van der Waals surface area contributed by atoms with Crippen LogP contribution in [0.1, 0.15) is 37.7 Å². The number of carbonyl (C=O) groups excluding carboxylic acids is 2. The van der Waals surface area contributed by atoms with E-state index >= 15 is 0 Å². The number of para-hydroxylation sites is 2. The maximum absolute atomic E-state index is 13.0. The van der Waals surface area contributed by atoms with Gasteiger partial charge in [-0.05, 0) is 42.7 Å². The average Bonchev–Trinajstić information content (AvgIpc) is 2.73. The highest BCUT2D eigenvalue weighted by Gasteiger charge is 2.42. The minimum absolute atomic E-state index is 0.348. The van der Waals surface area contributed by atoms with E-state index in [-0.39, 0.29) is 12.6 Å². The largest absolute Gasteiger partial charge is 0.495 e. The topological polar surface area (TPSA) is 64.6 Å². The fourth-order valence-corrected chi connectivity index (χ4v) is 3.95. The molecule has 0 saturated heterocycles. The molecule has 1 fully saturated rings. The van der Waals surface area contributed by atoms with Crippen LogP contribution in [0, 0.1) is 0 Å². The van der Waals surface area contributed by atoms with Crippen LogP contribution in [-0.4, -0.2) is 25.6 Å². The molecule has 1 aliphatic carbocycles. The Kier molecular flexibility index (Phi) is 6.57. The van der Waals surface area contributed by atoms with Gasteiger partial charge in [0, 0.05) is 5.02 Å². The minimum atomic E-state index is -0.742. The Morgan fingerprint density at radius 3 is 2.54 bits per heavy atom. The van der Waals surface area contributed by atoms with Gasteiger partial charge in [-0.25, -0.2) is 0 Å². The molecular weight excluding hydrogens is 378 g/mol. The maximum atomic E-state index is 13.0. The summed E-state index contributed by atoms with van der Waals surface area (Å²) in [6.45, 7) is -0.348. The van der Waals surface area contributed by atoms with Crippen molar-refractivity contribution in [2.24, 2.45) is 0 Å². The van der Waals surface area contributed by atoms with Crippen molar-refractivity contribution in [2.45, 2.75) is 37.5 Å². The summed E-state index contributed by atoms with van der Waals surface area (Å²) in [7, 11) is 1.53. The van der Waals surface area contributed by atoms with Crippen molar-refractivity contribution in [3.05, 3.63) is 59.1 Å². The number of benzene rings is 2. The van der Waals surface area contributed by atoms with Gasteiger partial charge in [-0.1, -0.05) is 55.1 Å². The Morgan fingerprint density at radius 2 is 1.82 bits per heavy atom. The molecule has 0 radical (unpaired) electrons. The fraction of sp³-hybridized carbons (Fsp3) is 0.364. The van der Waals surface area contributed by atoms with Gasteiger partial charge >= 0.3 is 5.97 Å². The van der Waals surface area contributed by atoms with Gasteiger partial charge in [0.15, 0.2) is 6.61 Å². The summed E-state index contributed by atoms with van der Waals surface area (Å²) < 4.78 is 10.7. The zero-order valence-corrected chi connectivity index (χ0v) is 16.6. The summed E-state index contributed by atoms with van der Waals surface area (Å²) in [6, 6.07) is 14.4. The third-order valence-electron chi connectivity index (χ3n) is 5.19. The zero-order chi connectivity index (χ0) is 20.0. The first-order valence-corrected chi connectivity index (χ1v) is 9.79. The molecule has 0 atom stereocenters. The molecule has 0 bridgehead atoms. The van der Waals surface area contributed by atoms with Crippen LogP contribution in [0.5, 0.6) is 5.75 Å². The minimum Gasteiger partial charge on any atom is -0.495 e. The van der Waals surface area contributed by atoms with Crippen LogP contribution in [-0.2, 0) is 19.7 Å². The number of carbonyl (C=O) groups is 2. The van der Waals surface area contributed by atoms with E-state index in [1.54, 1.807) is 24.3 Å². The molecule has 0 heterocycles. The highest BCUT2D eigenvalue weighted by molar-refractivity contribution is 6.30. The average molecular weight is 402 g/mol. The van der Waals surface area contributed by atoms with E-state index < -0.39 is 11.3 Å². The van der Waals surface area contributed by atoms with Crippen molar-refractivity contribution in [3.8, 4) is 5.75 Å². The van der Waals surface area contributed by atoms with Crippen LogP contribution in [0.3, 0.4) is 0 Å². The quantitative estimate of drug-likeness (QED) is 0.710. The Bertz CT molecular complexity index is 846. The highest BCUT2D eigenvalue weighted by atomic mass is 35.5. The van der Waals surface area contributed by atoms with Gasteiger partial charge in [-0.3, -0.25) is 9.59 Å². The molecule has 0 aliphatic heterocycles. The number of anilines is 1. The van der Waals surface area contributed by atoms with Gasteiger partial charge in [-0.2, -0.15) is 0 Å². The lowest BCUT2D eigenvalue weighted by molar-refractivity contribution is -0.154. The molecule has 1 N–H and O–H groups in total. The van der Waals surface area contributed by atoms with Crippen molar-refractivity contribution in [3.63, 3.8) is 0 Å². The van der Waals surface area contributed by atoms with Crippen LogP contribution in [0.2, 0.25) is 5.02 Å². The van der Waals surface area contributed by atoms with Crippen molar-refractivity contribution in [2.75, 3.05) is 19.0 Å². The number of hydrogen-bond donors (Lipinski definition) is 1. The molecule has 0 aromatic heterocycles. The smallest absolute Gasteiger partial charge is 0.317 e. The summed E-state index contributed by atoms with van der Waals surface area (Å²) >= 11 is 6.15. The maximum Gasteiger partial charge on any atom is 0.317 e. The van der Waals surface area contributed by atoms with Gasteiger partial charge in [0.1, 0.15) is 5.75 Å². The summed E-state index contributed by atoms with van der Waals surface area (Å²) in [6.07, 6.45) is 4.36. The summed E-state index contributed by atoms with van der Waals surface area (Å²) in [5.41, 5.74) is 0.650. The van der Waals surface area contributed by atoms with Crippen LogP contribution < -0.4 is 10.1 Å². The van der Waals surface area contributed by atoms with Crippen molar-refractivity contribution in [1.82, 2.24) is 0 Å². The predicted molar refractivity (Wildman–Crippen MR) is 109 cm³/mol. The molecule has 148 valence electrons. The SMILES string of the molecule is COc1ccccc1NC(=O)COC(=O)C1(c2cccc(Cl)c2)CCCCC1. The number of hydrogen-bond acceptors (Lipinski definition) is 4. The number of ether oxygens (including phenoxy) is 2. The van der Waals surface area contributed by atoms with E-state index in [1.165, 1.54) is 7.11 Å². The lowest BCUT2D eigenvalue weighted by atomic mass is 9.69. The Balaban J connectivity index is 1.70. The van der Waals surface area contributed by atoms with E-state index in [4.69, 9.17) is 21.1 Å². The van der Waals surface area contributed by atoms with Crippen LogP contribution in [0.25, 0.3) is 0 Å². The molecular formula is C22H24ClNO4. The predicted octanol–water partition coefficient (Wildman–Crippen LogP) is 4.73. The molecule has 0 unspecified atom stereocenters. The number of methoxy groups -OCH3 is 1. The second-order valence-corrected chi connectivity index (χ2v) is 7.41. The number of nitrogens with one attached hydrogen (secondary N) is 1. The van der Waals surface area contributed by atoms with E-state index in [0.29, 0.717) is 29.3 Å². The molecule has 2 aromatic carbocycles. The third-order valence-corrected chi connectivity index (χ3v) is 5.43. The summed E-state index contributed by atoms with van der Waals surface area (Å²) in [4.78, 5) is 25.3. The number of rotatable bonds is 6. The number of halogens is 1. The first kappa shape index (κ1) is 20.2. The van der Waals surface area contributed by atoms with Gasteiger partial charge in [0.05, 0.1) is 18.2 Å². The Labute approximate surface area is 170 Å². The fourth-order valence-electron chi connectivity index (χ4n) is 3.76. The molecule has 3 rings (SSSR count). The van der Waals surface area contributed by atoms with Gasteiger partial charge in [-0.15, -0.1) is 0 Å². The first-order chi connectivity index (χ1) is 13.5. The normalized spacial score (nSPS) is 15.5. The van der Waals surface area contributed by atoms with Crippen LogP contribution in [0.15, 0.2) is 48.5 Å². The van der Waals surface area contributed by atoms with Crippen LogP contribution >= 0.6 is 11.6 Å². The molecule has 5 nitrogen and oxygen atoms in total. The second kappa shape index (κ2) is 9.11.